The Bertz CT molecular complexity index is 652. The van der Waals surface area contributed by atoms with Gasteiger partial charge in [0.25, 0.3) is 0 Å². The second-order valence-electron chi connectivity index (χ2n) is 20.3. The van der Waals surface area contributed by atoms with Gasteiger partial charge < -0.3 is 17.8 Å². The molecule has 0 aromatic carbocycles. The summed E-state index contributed by atoms with van der Waals surface area (Å²) in [6.45, 7) is 21.2. The van der Waals surface area contributed by atoms with Gasteiger partial charge in [0.05, 0.1) is 0 Å². The zero-order valence-electron chi connectivity index (χ0n) is 42.1. The van der Waals surface area contributed by atoms with Crippen LogP contribution in [0.3, 0.4) is 0 Å². The smallest absolute Gasteiger partial charge is 0.308 e. The molecule has 3 aliphatic carbocycles. The molecule has 0 aromatic heterocycles. The second-order valence-corrected chi connectivity index (χ2v) is 20.3. The van der Waals surface area contributed by atoms with Crippen LogP contribution in [0.15, 0.2) is 0 Å². The van der Waals surface area contributed by atoms with Crippen molar-refractivity contribution in [1.82, 2.24) is 0 Å². The van der Waals surface area contributed by atoms with Gasteiger partial charge in [-0.15, -0.1) is 0 Å². The summed E-state index contributed by atoms with van der Waals surface area (Å²) in [6.07, 6.45) is 60.7. The number of unbranched alkanes of at least 4 members (excludes halogenated alkanes) is 9. The molecule has 345 valence electrons. The van der Waals surface area contributed by atoms with Gasteiger partial charge in [0, 0.05) is 0 Å². The first kappa shape index (κ1) is 58.5. The Balaban J connectivity index is 0.000000833. The molecule has 0 bridgehead atoms. The predicted octanol–water partition coefficient (Wildman–Crippen LogP) is 21.2. The number of rotatable bonds is 30. The van der Waals surface area contributed by atoms with E-state index in [0.717, 1.165) is 0 Å². The molecule has 0 spiro atoms. The maximum atomic E-state index is 2.36. The third-order valence-corrected chi connectivity index (χ3v) is 15.7. The monoisotopic (exact) mass is 848 g/mol. The van der Waals surface area contributed by atoms with E-state index in [2.05, 4.69) is 62.3 Å². The van der Waals surface area contributed by atoms with Crippen molar-refractivity contribution in [2.24, 2.45) is 16.2 Å². The van der Waals surface area contributed by atoms with E-state index in [1.807, 2.05) is 17.8 Å². The van der Waals surface area contributed by atoms with Crippen molar-refractivity contribution >= 4 is 0 Å². The van der Waals surface area contributed by atoms with E-state index in [-0.39, 0.29) is 17.4 Å². The first-order valence-corrected chi connectivity index (χ1v) is 27.4. The van der Waals surface area contributed by atoms with Crippen LogP contribution >= 0.6 is 0 Å². The Hall–Kier alpha value is 0.532. The van der Waals surface area contributed by atoms with E-state index in [0.29, 0.717) is 16.2 Å². The van der Waals surface area contributed by atoms with Gasteiger partial charge in [0.2, 0.25) is 0 Å². The van der Waals surface area contributed by atoms with Crippen LogP contribution in [0.4, 0.5) is 0 Å². The average molecular weight is 849 g/mol. The van der Waals surface area contributed by atoms with E-state index in [1.165, 1.54) is 270 Å². The molecule has 3 saturated carbocycles. The first-order valence-electron chi connectivity index (χ1n) is 27.4. The fourth-order valence-electron chi connectivity index (χ4n) is 11.9. The SMILES string of the molecule is CCCCC(CCCC)(CCCC)[C-]1CCCCC1.CCCCC(CCCC)(CCCC)[C-]1CCCCC1.CCCCC(CCCC)(CCCC)[C-]1CCCCC1.[Cr+3]. The van der Waals surface area contributed by atoms with E-state index >= 15 is 0 Å². The second kappa shape index (κ2) is 38.0. The molecule has 3 rings (SSSR count). The molecular formula is C57H111Cr. The molecule has 0 amide bonds. The minimum absolute atomic E-state index is 0. The molecule has 0 aromatic rings. The van der Waals surface area contributed by atoms with Crippen LogP contribution in [0.2, 0.25) is 0 Å². The Morgan fingerprint density at radius 2 is 0.379 bits per heavy atom. The van der Waals surface area contributed by atoms with Gasteiger partial charge in [-0.1, -0.05) is 293 Å². The van der Waals surface area contributed by atoms with Crippen LogP contribution in [0, 0.1) is 34.0 Å². The standard InChI is InChI=1S/3C19H37.Cr/c3*1-4-7-15-19(16-8-5-2,17-9-6-3)18-13-11-10-12-14-18;/h3*4-17H2,1-3H3;/q3*-1;+3. The van der Waals surface area contributed by atoms with E-state index < -0.39 is 0 Å². The molecule has 0 saturated heterocycles. The summed E-state index contributed by atoms with van der Waals surface area (Å²) in [7, 11) is 0. The molecule has 58 heavy (non-hydrogen) atoms. The molecule has 1 heteroatoms. The zero-order chi connectivity index (χ0) is 41.9. The molecule has 1 radical (unpaired) electrons. The van der Waals surface area contributed by atoms with Gasteiger partial charge >= 0.3 is 17.4 Å². The molecule has 3 fully saturated rings. The minimum Gasteiger partial charge on any atom is -0.308 e. The van der Waals surface area contributed by atoms with Crippen molar-refractivity contribution < 1.29 is 17.4 Å². The third-order valence-electron chi connectivity index (χ3n) is 15.7. The van der Waals surface area contributed by atoms with E-state index in [1.54, 1.807) is 0 Å². The number of hydrogen-bond acceptors (Lipinski definition) is 0. The van der Waals surface area contributed by atoms with Crippen molar-refractivity contribution in [3.63, 3.8) is 0 Å². The molecular weight excluding hydrogens is 737 g/mol. The van der Waals surface area contributed by atoms with Crippen molar-refractivity contribution in [3.05, 3.63) is 17.8 Å². The summed E-state index contributed by atoms with van der Waals surface area (Å²) in [5.41, 5.74) is 1.92. The fraction of sp³-hybridized carbons (Fsp3) is 0.947. The maximum Gasteiger partial charge on any atom is 3.00 e. The predicted molar refractivity (Wildman–Crippen MR) is 262 cm³/mol. The van der Waals surface area contributed by atoms with Gasteiger partial charge in [0.15, 0.2) is 0 Å². The largest absolute Gasteiger partial charge is 3.00 e. The van der Waals surface area contributed by atoms with Crippen molar-refractivity contribution in [2.75, 3.05) is 0 Å². The molecule has 0 atom stereocenters. The Morgan fingerprint density at radius 3 is 0.500 bits per heavy atom. The van der Waals surface area contributed by atoms with E-state index in [9.17, 15) is 0 Å². The first-order chi connectivity index (χ1) is 27.9. The van der Waals surface area contributed by atoms with Crippen LogP contribution in [0.1, 0.15) is 332 Å². The minimum atomic E-state index is 0. The van der Waals surface area contributed by atoms with Crippen LogP contribution in [0.5, 0.6) is 0 Å². The van der Waals surface area contributed by atoms with Crippen molar-refractivity contribution in [1.29, 1.82) is 0 Å². The zero-order valence-corrected chi connectivity index (χ0v) is 43.4. The van der Waals surface area contributed by atoms with Gasteiger partial charge in [-0.2, -0.15) is 54.8 Å². The summed E-state index contributed by atoms with van der Waals surface area (Å²) in [5.74, 6) is 5.94. The molecule has 3 aliphatic rings. The molecule has 0 heterocycles. The average Bonchev–Trinajstić information content (AvgIpc) is 3.27. The van der Waals surface area contributed by atoms with Crippen LogP contribution in [0.25, 0.3) is 0 Å². The summed E-state index contributed by atoms with van der Waals surface area (Å²) in [5, 5.41) is 0. The van der Waals surface area contributed by atoms with Crippen LogP contribution in [-0.4, -0.2) is 0 Å². The van der Waals surface area contributed by atoms with E-state index in [4.69, 9.17) is 0 Å². The van der Waals surface area contributed by atoms with Gasteiger partial charge in [-0.3, -0.25) is 0 Å². The molecule has 0 aliphatic heterocycles. The van der Waals surface area contributed by atoms with Crippen molar-refractivity contribution in [3.8, 4) is 0 Å². The molecule has 0 N–H and O–H groups in total. The summed E-state index contributed by atoms with van der Waals surface area (Å²) < 4.78 is 0. The van der Waals surface area contributed by atoms with Gasteiger partial charge in [-0.25, -0.2) is 0 Å². The van der Waals surface area contributed by atoms with Crippen LogP contribution < -0.4 is 0 Å². The summed E-state index contributed by atoms with van der Waals surface area (Å²) in [6, 6.07) is 0. The Morgan fingerprint density at radius 1 is 0.241 bits per heavy atom. The Labute approximate surface area is 381 Å². The van der Waals surface area contributed by atoms with Gasteiger partial charge in [-0.05, 0) is 0 Å². The Kier molecular flexibility index (Phi) is 38.4. The fourth-order valence-corrected chi connectivity index (χ4v) is 11.9. The summed E-state index contributed by atoms with van der Waals surface area (Å²) >= 11 is 0. The molecule has 0 unspecified atom stereocenters. The topological polar surface area (TPSA) is 0 Å². The third kappa shape index (κ3) is 22.8. The van der Waals surface area contributed by atoms with Crippen molar-refractivity contribution in [2.45, 2.75) is 332 Å². The van der Waals surface area contributed by atoms with Crippen LogP contribution in [-0.2, 0) is 17.4 Å². The maximum absolute atomic E-state index is 2.36. The summed E-state index contributed by atoms with van der Waals surface area (Å²) in [4.78, 5) is 0. The normalized spacial score (nSPS) is 17.5. The molecule has 0 nitrogen and oxygen atoms in total. The quantitative estimate of drug-likeness (QED) is 0.0632. The number of hydrogen-bond donors (Lipinski definition) is 0. The van der Waals surface area contributed by atoms with Gasteiger partial charge in [0.1, 0.15) is 0 Å².